The summed E-state index contributed by atoms with van der Waals surface area (Å²) in [6.07, 6.45) is 3.20. The number of aliphatic hydroxyl groups excluding tert-OH is 1. The number of amides is 1. The number of nitrogens with one attached hydrogen (secondary N) is 2. The fourth-order valence-electron chi connectivity index (χ4n) is 3.15. The molecule has 1 unspecified atom stereocenters. The van der Waals surface area contributed by atoms with Crippen LogP contribution in [0.2, 0.25) is 0 Å². The van der Waals surface area contributed by atoms with E-state index in [1.54, 1.807) is 23.5 Å². The third kappa shape index (κ3) is 4.56. The van der Waals surface area contributed by atoms with Crippen LogP contribution in [0.4, 0.5) is 0 Å². The lowest BCUT2D eigenvalue weighted by Crippen LogP contribution is -2.41. The van der Waals surface area contributed by atoms with Crippen LogP contribution in [0.3, 0.4) is 0 Å². The van der Waals surface area contributed by atoms with Gasteiger partial charge in [-0.1, -0.05) is 12.5 Å². The monoisotopic (exact) mass is 361 g/mol. The van der Waals surface area contributed by atoms with Crippen molar-refractivity contribution in [3.05, 3.63) is 56.1 Å². The Kier molecular flexibility index (Phi) is 6.01. The van der Waals surface area contributed by atoms with E-state index >= 15 is 0 Å². The van der Waals surface area contributed by atoms with Gasteiger partial charge in [0.1, 0.15) is 5.56 Å². The average molecular weight is 361 g/mol. The summed E-state index contributed by atoms with van der Waals surface area (Å²) in [4.78, 5) is 30.5. The minimum absolute atomic E-state index is 0.123. The highest BCUT2D eigenvalue weighted by atomic mass is 32.1. The summed E-state index contributed by atoms with van der Waals surface area (Å²) in [6, 6.07) is 7.37. The Hall–Kier alpha value is -1.96. The summed E-state index contributed by atoms with van der Waals surface area (Å²) in [7, 11) is 0. The lowest BCUT2D eigenvalue weighted by atomic mass is 10.0. The first-order chi connectivity index (χ1) is 12.2. The third-order valence-electron chi connectivity index (χ3n) is 4.55. The van der Waals surface area contributed by atoms with Crippen LogP contribution < -0.4 is 10.9 Å². The largest absolute Gasteiger partial charge is 0.395 e. The zero-order chi connectivity index (χ0) is 17.6. The van der Waals surface area contributed by atoms with Crippen LogP contribution in [0, 0.1) is 0 Å². The molecular formula is C18H23N3O3S. The number of pyridine rings is 1. The van der Waals surface area contributed by atoms with Crippen molar-refractivity contribution in [1.29, 1.82) is 0 Å². The van der Waals surface area contributed by atoms with Gasteiger partial charge in [0.05, 0.1) is 13.2 Å². The molecule has 3 heterocycles. The predicted molar refractivity (Wildman–Crippen MR) is 97.7 cm³/mol. The maximum absolute atomic E-state index is 12.3. The molecule has 25 heavy (non-hydrogen) atoms. The van der Waals surface area contributed by atoms with E-state index in [0.717, 1.165) is 36.4 Å². The summed E-state index contributed by atoms with van der Waals surface area (Å²) < 4.78 is 0. The summed E-state index contributed by atoms with van der Waals surface area (Å²) in [6.45, 7) is 2.05. The minimum Gasteiger partial charge on any atom is -0.395 e. The SMILES string of the molecule is O=C(NCc1cccs1)c1ccc(CN2CCCCC2CO)[nH]c1=O. The molecule has 0 saturated carbocycles. The molecule has 134 valence electrons. The van der Waals surface area contributed by atoms with Gasteiger partial charge in [0.15, 0.2) is 0 Å². The van der Waals surface area contributed by atoms with Crippen LogP contribution in [0.1, 0.15) is 40.2 Å². The van der Waals surface area contributed by atoms with Gasteiger partial charge in [-0.3, -0.25) is 14.5 Å². The van der Waals surface area contributed by atoms with Crippen molar-refractivity contribution in [3.63, 3.8) is 0 Å². The highest BCUT2D eigenvalue weighted by Crippen LogP contribution is 2.18. The van der Waals surface area contributed by atoms with Gasteiger partial charge in [-0.15, -0.1) is 11.3 Å². The molecule has 0 spiro atoms. The van der Waals surface area contributed by atoms with Crippen molar-refractivity contribution < 1.29 is 9.90 Å². The van der Waals surface area contributed by atoms with Crippen molar-refractivity contribution in [3.8, 4) is 0 Å². The number of hydrogen-bond donors (Lipinski definition) is 3. The Morgan fingerprint density at radius 1 is 1.36 bits per heavy atom. The number of nitrogens with zero attached hydrogens (tertiary/aromatic N) is 1. The van der Waals surface area contributed by atoms with Crippen LogP contribution in [-0.2, 0) is 13.1 Å². The maximum Gasteiger partial charge on any atom is 0.261 e. The van der Waals surface area contributed by atoms with Crippen molar-refractivity contribution >= 4 is 17.2 Å². The summed E-state index contributed by atoms with van der Waals surface area (Å²) in [5, 5.41) is 14.2. The molecule has 3 rings (SSSR count). The zero-order valence-electron chi connectivity index (χ0n) is 14.0. The molecule has 1 amide bonds. The van der Waals surface area contributed by atoms with Gasteiger partial charge >= 0.3 is 0 Å². The number of H-pyrrole nitrogens is 1. The van der Waals surface area contributed by atoms with Crippen LogP contribution in [0.15, 0.2) is 34.4 Å². The molecular weight excluding hydrogens is 338 g/mol. The van der Waals surface area contributed by atoms with Gasteiger partial charge in [0, 0.05) is 23.2 Å². The Morgan fingerprint density at radius 2 is 2.24 bits per heavy atom. The van der Waals surface area contributed by atoms with Gasteiger partial charge < -0.3 is 15.4 Å². The van der Waals surface area contributed by atoms with E-state index in [1.165, 1.54) is 0 Å². The smallest absolute Gasteiger partial charge is 0.261 e. The molecule has 0 radical (unpaired) electrons. The highest BCUT2D eigenvalue weighted by molar-refractivity contribution is 7.09. The Morgan fingerprint density at radius 3 is 2.96 bits per heavy atom. The number of aromatic nitrogens is 1. The number of aliphatic hydroxyl groups is 1. The number of thiophene rings is 1. The number of carbonyl (C=O) groups excluding carboxylic acids is 1. The average Bonchev–Trinajstić information content (AvgIpc) is 3.14. The van der Waals surface area contributed by atoms with Gasteiger partial charge in [-0.05, 0) is 43.0 Å². The van der Waals surface area contributed by atoms with Gasteiger partial charge in [-0.25, -0.2) is 0 Å². The van der Waals surface area contributed by atoms with E-state index in [9.17, 15) is 14.7 Å². The number of carbonyl (C=O) groups is 1. The number of aromatic amines is 1. The fourth-order valence-corrected chi connectivity index (χ4v) is 3.80. The fraction of sp³-hybridized carbons (Fsp3) is 0.444. The quantitative estimate of drug-likeness (QED) is 0.731. The van der Waals surface area contributed by atoms with Crippen molar-refractivity contribution in [2.24, 2.45) is 0 Å². The molecule has 2 aromatic rings. The normalized spacial score (nSPS) is 18.2. The van der Waals surface area contributed by atoms with E-state index in [0.29, 0.717) is 13.1 Å². The van der Waals surface area contributed by atoms with E-state index < -0.39 is 0 Å². The van der Waals surface area contributed by atoms with Crippen LogP contribution in [0.25, 0.3) is 0 Å². The van der Waals surface area contributed by atoms with Crippen molar-refractivity contribution in [2.75, 3.05) is 13.2 Å². The zero-order valence-corrected chi connectivity index (χ0v) is 14.8. The first kappa shape index (κ1) is 17.8. The molecule has 1 aliphatic rings. The Balaban J connectivity index is 1.63. The molecule has 0 aliphatic carbocycles. The molecule has 1 atom stereocenters. The van der Waals surface area contributed by atoms with E-state index in [4.69, 9.17) is 0 Å². The second-order valence-electron chi connectivity index (χ2n) is 6.29. The number of piperidine rings is 1. The van der Waals surface area contributed by atoms with Gasteiger partial charge in [-0.2, -0.15) is 0 Å². The lowest BCUT2D eigenvalue weighted by molar-refractivity contribution is 0.0830. The minimum atomic E-state index is -0.376. The second-order valence-corrected chi connectivity index (χ2v) is 7.32. The van der Waals surface area contributed by atoms with Gasteiger partial charge in [0.25, 0.3) is 11.5 Å². The molecule has 1 fully saturated rings. The standard InChI is InChI=1S/C18H23N3O3S/c22-12-14-4-1-2-8-21(14)11-13-6-7-16(18(24)20-13)17(23)19-10-15-5-3-9-25-15/h3,5-7,9,14,22H,1-2,4,8,10-12H2,(H,19,23)(H,20,24). The van der Waals surface area contributed by atoms with Crippen molar-refractivity contribution in [2.45, 2.75) is 38.4 Å². The predicted octanol–water partition coefficient (Wildman–Crippen LogP) is 1.71. The molecule has 1 saturated heterocycles. The highest BCUT2D eigenvalue weighted by Gasteiger charge is 2.22. The topological polar surface area (TPSA) is 85.4 Å². The van der Waals surface area contributed by atoms with Gasteiger partial charge in [0.2, 0.25) is 0 Å². The second kappa shape index (κ2) is 8.42. The van der Waals surface area contributed by atoms with E-state index in [-0.39, 0.29) is 29.7 Å². The van der Waals surface area contributed by atoms with Crippen LogP contribution in [-0.4, -0.2) is 40.1 Å². The number of hydrogen-bond acceptors (Lipinski definition) is 5. The summed E-state index contributed by atoms with van der Waals surface area (Å²) in [5.41, 5.74) is 0.511. The summed E-state index contributed by atoms with van der Waals surface area (Å²) in [5.74, 6) is -0.368. The Bertz CT molecular complexity index is 757. The molecule has 3 N–H and O–H groups in total. The molecule has 2 aromatic heterocycles. The van der Waals surface area contributed by atoms with Crippen molar-refractivity contribution in [1.82, 2.24) is 15.2 Å². The first-order valence-electron chi connectivity index (χ1n) is 8.55. The Labute approximate surface area is 150 Å². The lowest BCUT2D eigenvalue weighted by Gasteiger charge is -2.34. The number of likely N-dealkylation sites (tertiary alicyclic amines) is 1. The third-order valence-corrected chi connectivity index (χ3v) is 5.43. The summed E-state index contributed by atoms with van der Waals surface area (Å²) >= 11 is 1.56. The molecule has 0 bridgehead atoms. The van der Waals surface area contributed by atoms with Crippen LogP contribution >= 0.6 is 11.3 Å². The maximum atomic E-state index is 12.3. The van der Waals surface area contributed by atoms with E-state index in [2.05, 4.69) is 15.2 Å². The first-order valence-corrected chi connectivity index (χ1v) is 9.43. The molecule has 0 aromatic carbocycles. The molecule has 1 aliphatic heterocycles. The molecule has 6 nitrogen and oxygen atoms in total. The molecule has 7 heteroatoms. The van der Waals surface area contributed by atoms with Crippen LogP contribution in [0.5, 0.6) is 0 Å². The van der Waals surface area contributed by atoms with E-state index in [1.807, 2.05) is 17.5 Å². The number of rotatable bonds is 6.